The van der Waals surface area contributed by atoms with Gasteiger partial charge in [-0.2, -0.15) is 5.10 Å². The number of aromatic nitrogens is 2. The molecule has 0 spiro atoms. The number of hydrogen-bond acceptors (Lipinski definition) is 5. The average Bonchev–Trinajstić information content (AvgIpc) is 3.16. The van der Waals surface area contributed by atoms with Gasteiger partial charge in [0.25, 0.3) is 0 Å². The fourth-order valence-electron chi connectivity index (χ4n) is 2.60. The highest BCUT2D eigenvalue weighted by atomic mass is 35.5. The molecule has 3 rings (SSSR count). The molecule has 1 aliphatic heterocycles. The summed E-state index contributed by atoms with van der Waals surface area (Å²) in [5.74, 6) is 1.34. The van der Waals surface area contributed by atoms with E-state index in [0.717, 1.165) is 16.9 Å². The number of carbonyl (C=O) groups is 1. The highest BCUT2D eigenvalue weighted by molar-refractivity contribution is 5.85. The predicted molar refractivity (Wildman–Crippen MR) is 91.4 cm³/mol. The molecule has 8 heteroatoms. The van der Waals surface area contributed by atoms with Crippen LogP contribution in [-0.4, -0.2) is 29.5 Å². The fourth-order valence-corrected chi connectivity index (χ4v) is 2.60. The quantitative estimate of drug-likeness (QED) is 0.856. The maximum Gasteiger partial charge on any atom is 0.242 e. The van der Waals surface area contributed by atoms with E-state index in [-0.39, 0.29) is 31.1 Å². The van der Waals surface area contributed by atoms with Crippen molar-refractivity contribution < 1.29 is 14.3 Å². The molecular formula is C16H21ClN4O3. The van der Waals surface area contributed by atoms with Crippen molar-refractivity contribution in [1.82, 2.24) is 20.4 Å². The number of hydrogen-bond donors (Lipinski definition) is 2. The second-order valence-corrected chi connectivity index (χ2v) is 5.51. The number of fused-ring (bicyclic) bond motifs is 1. The highest BCUT2D eigenvalue weighted by Crippen LogP contribution is 2.34. The summed E-state index contributed by atoms with van der Waals surface area (Å²) in [6, 6.07) is 5.09. The van der Waals surface area contributed by atoms with Crippen molar-refractivity contribution in [3.8, 4) is 11.5 Å². The number of rotatable bonds is 5. The van der Waals surface area contributed by atoms with Crippen LogP contribution in [0.25, 0.3) is 0 Å². The first kappa shape index (κ1) is 18.1. The van der Waals surface area contributed by atoms with Crippen LogP contribution in [-0.2, 0) is 11.8 Å². The maximum absolute atomic E-state index is 12.5. The third kappa shape index (κ3) is 3.63. The molecular weight excluding hydrogens is 332 g/mol. The molecule has 0 saturated heterocycles. The van der Waals surface area contributed by atoms with Crippen molar-refractivity contribution >= 4 is 18.3 Å². The largest absolute Gasteiger partial charge is 0.454 e. The number of nitrogens with zero attached hydrogens (tertiary/aromatic N) is 2. The molecule has 7 nitrogen and oxygen atoms in total. The van der Waals surface area contributed by atoms with Crippen molar-refractivity contribution in [1.29, 1.82) is 0 Å². The third-order valence-electron chi connectivity index (χ3n) is 3.86. The highest BCUT2D eigenvalue weighted by Gasteiger charge is 2.23. The molecule has 2 unspecified atom stereocenters. The van der Waals surface area contributed by atoms with Crippen LogP contribution in [0.4, 0.5) is 0 Å². The van der Waals surface area contributed by atoms with Gasteiger partial charge in [-0.05, 0) is 31.7 Å². The summed E-state index contributed by atoms with van der Waals surface area (Å²) < 4.78 is 12.4. The van der Waals surface area contributed by atoms with Crippen LogP contribution in [0.15, 0.2) is 30.6 Å². The van der Waals surface area contributed by atoms with Gasteiger partial charge in [0.1, 0.15) is 6.04 Å². The molecule has 1 aromatic heterocycles. The van der Waals surface area contributed by atoms with Gasteiger partial charge in [-0.3, -0.25) is 9.48 Å². The molecule has 0 bridgehead atoms. The molecule has 0 aliphatic carbocycles. The summed E-state index contributed by atoms with van der Waals surface area (Å²) in [6.07, 6.45) is 3.51. The fraction of sp³-hybridized carbons (Fsp3) is 0.375. The predicted octanol–water partition coefficient (Wildman–Crippen LogP) is 1.71. The van der Waals surface area contributed by atoms with Crippen molar-refractivity contribution in [2.45, 2.75) is 19.0 Å². The van der Waals surface area contributed by atoms with E-state index in [4.69, 9.17) is 9.47 Å². The number of benzene rings is 1. The topological polar surface area (TPSA) is 77.4 Å². The molecule has 2 atom stereocenters. The first-order chi connectivity index (χ1) is 11.1. The monoisotopic (exact) mass is 352 g/mol. The van der Waals surface area contributed by atoms with E-state index in [1.165, 1.54) is 0 Å². The lowest BCUT2D eigenvalue weighted by Gasteiger charge is -2.19. The Morgan fingerprint density at radius 2 is 2.04 bits per heavy atom. The average molecular weight is 353 g/mol. The molecule has 2 N–H and O–H groups in total. The minimum atomic E-state index is -0.444. The number of ether oxygens (including phenoxy) is 2. The van der Waals surface area contributed by atoms with E-state index >= 15 is 0 Å². The Labute approximate surface area is 146 Å². The Morgan fingerprint density at radius 1 is 1.29 bits per heavy atom. The molecule has 1 aliphatic rings. The van der Waals surface area contributed by atoms with Crippen LogP contribution in [0.2, 0.25) is 0 Å². The number of halogens is 1. The zero-order valence-electron chi connectivity index (χ0n) is 13.8. The summed E-state index contributed by atoms with van der Waals surface area (Å²) >= 11 is 0. The van der Waals surface area contributed by atoms with Crippen molar-refractivity contribution in [3.05, 3.63) is 41.7 Å². The molecule has 1 amide bonds. The van der Waals surface area contributed by atoms with Gasteiger partial charge in [0.15, 0.2) is 11.5 Å². The molecule has 0 radical (unpaired) electrons. The lowest BCUT2D eigenvalue weighted by Crippen LogP contribution is -2.37. The summed E-state index contributed by atoms with van der Waals surface area (Å²) in [5, 5.41) is 10.1. The molecule has 0 saturated carbocycles. The summed E-state index contributed by atoms with van der Waals surface area (Å²) in [5.41, 5.74) is 1.79. The maximum atomic E-state index is 12.5. The van der Waals surface area contributed by atoms with Gasteiger partial charge < -0.3 is 20.1 Å². The molecule has 24 heavy (non-hydrogen) atoms. The number of nitrogens with one attached hydrogen (secondary N) is 2. The van der Waals surface area contributed by atoms with E-state index in [9.17, 15) is 4.79 Å². The van der Waals surface area contributed by atoms with Crippen molar-refractivity contribution in [2.75, 3.05) is 13.8 Å². The van der Waals surface area contributed by atoms with Crippen LogP contribution in [0, 0.1) is 0 Å². The Balaban J connectivity index is 0.00000208. The number of amides is 1. The lowest BCUT2D eigenvalue weighted by molar-refractivity contribution is -0.123. The molecule has 0 fully saturated rings. The number of carbonyl (C=O) groups excluding carboxylic acids is 1. The van der Waals surface area contributed by atoms with E-state index in [0.29, 0.717) is 5.75 Å². The van der Waals surface area contributed by atoms with Crippen molar-refractivity contribution in [3.63, 3.8) is 0 Å². The minimum absolute atomic E-state index is 0. The van der Waals surface area contributed by atoms with Gasteiger partial charge in [-0.1, -0.05) is 6.07 Å². The van der Waals surface area contributed by atoms with Crippen LogP contribution in [0.3, 0.4) is 0 Å². The second-order valence-electron chi connectivity index (χ2n) is 5.51. The van der Waals surface area contributed by atoms with Gasteiger partial charge in [0.2, 0.25) is 12.7 Å². The van der Waals surface area contributed by atoms with Gasteiger partial charge in [-0.15, -0.1) is 12.4 Å². The van der Waals surface area contributed by atoms with Crippen LogP contribution in [0.5, 0.6) is 11.5 Å². The van der Waals surface area contributed by atoms with Gasteiger partial charge in [0, 0.05) is 18.8 Å². The first-order valence-electron chi connectivity index (χ1n) is 7.44. The number of likely N-dealkylation sites (N-methyl/N-ethyl adjacent to an activating group) is 1. The summed E-state index contributed by atoms with van der Waals surface area (Å²) in [7, 11) is 3.58. The van der Waals surface area contributed by atoms with Gasteiger partial charge >= 0.3 is 0 Å². The van der Waals surface area contributed by atoms with Crippen LogP contribution < -0.4 is 20.1 Å². The molecule has 2 aromatic rings. The minimum Gasteiger partial charge on any atom is -0.454 e. The lowest BCUT2D eigenvalue weighted by atomic mass is 10.1. The molecule has 1 aromatic carbocycles. The summed E-state index contributed by atoms with van der Waals surface area (Å²) in [6.45, 7) is 2.17. The Kier molecular flexibility index (Phi) is 5.69. The van der Waals surface area contributed by atoms with Gasteiger partial charge in [0.05, 0.1) is 12.2 Å². The van der Waals surface area contributed by atoms with Crippen LogP contribution >= 0.6 is 12.4 Å². The third-order valence-corrected chi connectivity index (χ3v) is 3.86. The number of aryl methyl sites for hydroxylation is 1. The van der Waals surface area contributed by atoms with E-state index < -0.39 is 6.04 Å². The Bertz CT molecular complexity index is 719. The summed E-state index contributed by atoms with van der Waals surface area (Å²) in [4.78, 5) is 12.5. The Morgan fingerprint density at radius 3 is 2.71 bits per heavy atom. The zero-order valence-corrected chi connectivity index (χ0v) is 14.6. The second kappa shape index (κ2) is 7.55. The zero-order chi connectivity index (χ0) is 16.4. The van der Waals surface area contributed by atoms with Gasteiger partial charge in [-0.25, -0.2) is 0 Å². The normalized spacial score (nSPS) is 14.6. The van der Waals surface area contributed by atoms with Crippen LogP contribution in [0.1, 0.15) is 30.1 Å². The standard InChI is InChI=1S/C16H20N4O3.ClH/c1-10(11-4-5-13-14(6-11)23-9-22-13)19-16(21)15(17-2)12-7-18-20(3)8-12;/h4-8,10,15,17H,9H2,1-3H3,(H,19,21);1H. The SMILES string of the molecule is CNC(C(=O)NC(C)c1ccc2c(c1)OCO2)c1cnn(C)c1.Cl. The smallest absolute Gasteiger partial charge is 0.242 e. The van der Waals surface area contributed by atoms with E-state index in [1.807, 2.05) is 38.4 Å². The van der Waals surface area contributed by atoms with E-state index in [2.05, 4.69) is 15.7 Å². The van der Waals surface area contributed by atoms with Crippen molar-refractivity contribution in [2.24, 2.45) is 7.05 Å². The van der Waals surface area contributed by atoms with E-state index in [1.54, 1.807) is 17.9 Å². The Hall–Kier alpha value is -2.25. The molecule has 2 heterocycles. The first-order valence-corrected chi connectivity index (χ1v) is 7.44. The molecule has 130 valence electrons.